The zero-order chi connectivity index (χ0) is 8.91. The van der Waals surface area contributed by atoms with Crippen LogP contribution in [0.3, 0.4) is 0 Å². The lowest BCUT2D eigenvalue weighted by Crippen LogP contribution is -2.18. The number of rotatable bonds is 4. The van der Waals surface area contributed by atoms with Crippen molar-refractivity contribution in [2.75, 3.05) is 0 Å². The van der Waals surface area contributed by atoms with E-state index < -0.39 is 5.60 Å². The first kappa shape index (κ1) is 10.2. The maximum Gasteiger partial charge on any atom is 0.0831 e. The second-order valence-corrected chi connectivity index (χ2v) is 3.01. The van der Waals surface area contributed by atoms with Gasteiger partial charge in [-0.25, -0.2) is 0 Å². The predicted molar refractivity (Wildman–Crippen MR) is 49.4 cm³/mol. The van der Waals surface area contributed by atoms with Crippen LogP contribution in [0.25, 0.3) is 0 Å². The molecule has 0 aromatic rings. The quantitative estimate of drug-likeness (QED) is 0.484. The zero-order valence-electron chi connectivity index (χ0n) is 7.30. The summed E-state index contributed by atoms with van der Waals surface area (Å²) in [7, 11) is 0. The van der Waals surface area contributed by atoms with E-state index in [9.17, 15) is 5.11 Å². The predicted octanol–water partition coefficient (Wildman–Crippen LogP) is 2.45. The van der Waals surface area contributed by atoms with Crippen LogP contribution in [0, 0.1) is 0 Å². The molecule has 0 amide bonds. The molecule has 0 aliphatic rings. The highest BCUT2D eigenvalue weighted by Gasteiger charge is 2.11. The topological polar surface area (TPSA) is 20.2 Å². The van der Waals surface area contributed by atoms with Crippen molar-refractivity contribution in [1.29, 1.82) is 0 Å². The largest absolute Gasteiger partial charge is 0.386 e. The van der Waals surface area contributed by atoms with E-state index in [2.05, 4.69) is 13.2 Å². The Labute approximate surface area is 68.7 Å². The van der Waals surface area contributed by atoms with E-state index in [-0.39, 0.29) is 0 Å². The Bertz CT molecular complexity index is 175. The van der Waals surface area contributed by atoms with Crippen molar-refractivity contribution in [3.63, 3.8) is 0 Å². The monoisotopic (exact) mass is 152 g/mol. The number of hydrogen-bond acceptors (Lipinski definition) is 1. The van der Waals surface area contributed by atoms with E-state index in [1.54, 1.807) is 6.92 Å². The van der Waals surface area contributed by atoms with Gasteiger partial charge in [0.05, 0.1) is 5.60 Å². The molecule has 0 aliphatic heterocycles. The van der Waals surface area contributed by atoms with Crippen molar-refractivity contribution in [3.05, 3.63) is 37.0 Å². The molecule has 0 saturated carbocycles. The van der Waals surface area contributed by atoms with Crippen LogP contribution in [0.15, 0.2) is 37.0 Å². The number of allylic oxidation sites excluding steroid dienone is 2. The molecule has 0 aromatic heterocycles. The molecular formula is C10H16O. The molecule has 0 aromatic carbocycles. The van der Waals surface area contributed by atoms with Crippen LogP contribution in [-0.2, 0) is 0 Å². The third-order valence-corrected chi connectivity index (χ3v) is 1.37. The van der Waals surface area contributed by atoms with Gasteiger partial charge in [0.1, 0.15) is 0 Å². The Morgan fingerprint density at radius 2 is 2.18 bits per heavy atom. The summed E-state index contributed by atoms with van der Waals surface area (Å²) in [5.41, 5.74) is 0.205. The fraction of sp³-hybridized carbons (Fsp3) is 0.400. The van der Waals surface area contributed by atoms with Crippen LogP contribution in [-0.4, -0.2) is 10.7 Å². The van der Waals surface area contributed by atoms with Gasteiger partial charge in [0.2, 0.25) is 0 Å². The highest BCUT2D eigenvalue weighted by molar-refractivity contribution is 5.12. The van der Waals surface area contributed by atoms with Crippen molar-refractivity contribution in [2.24, 2.45) is 0 Å². The van der Waals surface area contributed by atoms with Gasteiger partial charge in [-0.05, 0) is 20.3 Å². The molecule has 1 unspecified atom stereocenters. The normalized spacial score (nSPS) is 16.3. The summed E-state index contributed by atoms with van der Waals surface area (Å²) < 4.78 is 0. The Morgan fingerprint density at radius 1 is 1.64 bits per heavy atom. The Kier molecular flexibility index (Phi) is 3.83. The van der Waals surface area contributed by atoms with Gasteiger partial charge < -0.3 is 5.11 Å². The first-order valence-corrected chi connectivity index (χ1v) is 3.66. The number of aliphatic hydroxyl groups is 1. The second-order valence-electron chi connectivity index (χ2n) is 3.01. The molecule has 11 heavy (non-hydrogen) atoms. The van der Waals surface area contributed by atoms with E-state index in [1.165, 1.54) is 6.08 Å². The summed E-state index contributed by atoms with van der Waals surface area (Å²) in [5.74, 6) is 0. The third kappa shape index (κ3) is 5.62. The molecule has 0 radical (unpaired) electrons. The molecule has 1 N–H and O–H groups in total. The molecule has 0 heterocycles. The van der Waals surface area contributed by atoms with Gasteiger partial charge in [-0.15, -0.1) is 6.58 Å². The van der Waals surface area contributed by atoms with Gasteiger partial charge in [-0.1, -0.05) is 30.4 Å². The van der Waals surface area contributed by atoms with Crippen LogP contribution in [0.2, 0.25) is 0 Å². The summed E-state index contributed by atoms with van der Waals surface area (Å²) in [6.45, 7) is 10.9. The average Bonchev–Trinajstić information content (AvgIpc) is 1.87. The molecule has 0 saturated heterocycles. The minimum absolute atomic E-state index is 0.587. The van der Waals surface area contributed by atoms with Crippen molar-refractivity contribution >= 4 is 0 Å². The standard InChI is InChI=1S/C10H16O/c1-5-10(4,11)8-6-7-9(2)3/h5-7,11H,1-2,8H2,3-4H3/b7-6+. The van der Waals surface area contributed by atoms with Gasteiger partial charge in [0.15, 0.2) is 0 Å². The summed E-state index contributed by atoms with van der Waals surface area (Å²) in [5, 5.41) is 9.44. The van der Waals surface area contributed by atoms with Gasteiger partial charge in [0.25, 0.3) is 0 Å². The summed E-state index contributed by atoms with van der Waals surface area (Å²) in [6, 6.07) is 0. The lowest BCUT2D eigenvalue weighted by atomic mass is 10.0. The Balaban J connectivity index is 3.87. The molecule has 1 nitrogen and oxygen atoms in total. The smallest absolute Gasteiger partial charge is 0.0831 e. The molecular weight excluding hydrogens is 136 g/mol. The van der Waals surface area contributed by atoms with E-state index >= 15 is 0 Å². The van der Waals surface area contributed by atoms with Crippen molar-refractivity contribution in [2.45, 2.75) is 25.9 Å². The first-order chi connectivity index (χ1) is 4.98. The number of hydrogen-bond donors (Lipinski definition) is 1. The van der Waals surface area contributed by atoms with Crippen LogP contribution in [0.4, 0.5) is 0 Å². The minimum Gasteiger partial charge on any atom is -0.386 e. The minimum atomic E-state index is -0.786. The highest BCUT2D eigenvalue weighted by atomic mass is 16.3. The fourth-order valence-corrected chi connectivity index (χ4v) is 0.582. The Morgan fingerprint density at radius 3 is 2.55 bits per heavy atom. The fourth-order valence-electron chi connectivity index (χ4n) is 0.582. The molecule has 0 spiro atoms. The van der Waals surface area contributed by atoms with Gasteiger partial charge in [-0.3, -0.25) is 0 Å². The van der Waals surface area contributed by atoms with Gasteiger partial charge >= 0.3 is 0 Å². The van der Waals surface area contributed by atoms with Gasteiger partial charge in [0, 0.05) is 0 Å². The van der Waals surface area contributed by atoms with E-state index in [1.807, 2.05) is 19.1 Å². The van der Waals surface area contributed by atoms with Crippen molar-refractivity contribution in [1.82, 2.24) is 0 Å². The van der Waals surface area contributed by atoms with Crippen LogP contribution in [0.5, 0.6) is 0 Å². The van der Waals surface area contributed by atoms with E-state index in [4.69, 9.17) is 0 Å². The van der Waals surface area contributed by atoms with Crippen LogP contribution < -0.4 is 0 Å². The molecule has 0 bridgehead atoms. The summed E-state index contributed by atoms with van der Waals surface area (Å²) in [4.78, 5) is 0. The Hall–Kier alpha value is -0.820. The van der Waals surface area contributed by atoms with E-state index in [0.29, 0.717) is 6.42 Å². The lowest BCUT2D eigenvalue weighted by Gasteiger charge is -2.14. The van der Waals surface area contributed by atoms with E-state index in [0.717, 1.165) is 5.57 Å². The molecule has 1 heteroatoms. The zero-order valence-corrected chi connectivity index (χ0v) is 7.30. The van der Waals surface area contributed by atoms with Crippen molar-refractivity contribution < 1.29 is 5.11 Å². The molecule has 0 rings (SSSR count). The SMILES string of the molecule is C=CC(C)(O)C/C=C/C(=C)C. The maximum atomic E-state index is 9.44. The molecule has 1 atom stereocenters. The lowest BCUT2D eigenvalue weighted by molar-refractivity contribution is 0.115. The highest BCUT2D eigenvalue weighted by Crippen LogP contribution is 2.10. The molecule has 0 fully saturated rings. The van der Waals surface area contributed by atoms with Crippen LogP contribution >= 0.6 is 0 Å². The maximum absolute atomic E-state index is 9.44. The first-order valence-electron chi connectivity index (χ1n) is 3.66. The summed E-state index contributed by atoms with van der Waals surface area (Å²) >= 11 is 0. The molecule has 0 aliphatic carbocycles. The molecule has 62 valence electrons. The second kappa shape index (κ2) is 4.14. The average molecular weight is 152 g/mol. The summed E-state index contributed by atoms with van der Waals surface area (Å²) in [6.07, 6.45) is 5.90. The van der Waals surface area contributed by atoms with Crippen molar-refractivity contribution in [3.8, 4) is 0 Å². The van der Waals surface area contributed by atoms with Crippen LogP contribution in [0.1, 0.15) is 20.3 Å². The third-order valence-electron chi connectivity index (χ3n) is 1.37. The van der Waals surface area contributed by atoms with Gasteiger partial charge in [-0.2, -0.15) is 0 Å².